The number of benzene rings is 2. The zero-order valence-electron chi connectivity index (χ0n) is 11.2. The van der Waals surface area contributed by atoms with Crippen molar-refractivity contribution in [3.05, 3.63) is 65.2 Å². The van der Waals surface area contributed by atoms with Crippen LogP contribution in [-0.4, -0.2) is 11.7 Å². The number of nitrogens with one attached hydrogen (secondary N) is 1. The fourth-order valence-electron chi connectivity index (χ4n) is 1.93. The normalized spacial score (nSPS) is 10.5. The lowest BCUT2D eigenvalue weighted by atomic mass is 10.1. The molecule has 0 heterocycles. The van der Waals surface area contributed by atoms with E-state index in [1.54, 1.807) is 0 Å². The van der Waals surface area contributed by atoms with E-state index in [0.29, 0.717) is 6.61 Å². The Kier molecular flexibility index (Phi) is 5.87. The molecule has 0 amide bonds. The Morgan fingerprint density at radius 1 is 1.00 bits per heavy atom. The van der Waals surface area contributed by atoms with Gasteiger partial charge in [-0.05, 0) is 47.0 Å². The summed E-state index contributed by atoms with van der Waals surface area (Å²) in [5.41, 5.74) is 3.16. The molecule has 2 aromatic rings. The van der Waals surface area contributed by atoms with Crippen LogP contribution in [0.5, 0.6) is 5.75 Å². The zero-order valence-corrected chi connectivity index (χ0v) is 11.9. The fraction of sp³-hybridized carbons (Fsp3) is 0.250. The highest BCUT2D eigenvalue weighted by Crippen LogP contribution is 2.15. The Morgan fingerprint density at radius 2 is 1.75 bits per heavy atom. The number of hydrogen-bond acceptors (Lipinski definition) is 3. The van der Waals surface area contributed by atoms with Crippen molar-refractivity contribution in [2.45, 2.75) is 19.6 Å². The molecule has 0 radical (unpaired) electrons. The van der Waals surface area contributed by atoms with E-state index in [1.165, 1.54) is 5.56 Å². The van der Waals surface area contributed by atoms with E-state index in [2.05, 4.69) is 4.84 Å². The molecule has 0 aromatic heterocycles. The van der Waals surface area contributed by atoms with Crippen LogP contribution >= 0.6 is 11.8 Å². The van der Waals surface area contributed by atoms with E-state index in [1.807, 2.05) is 48.5 Å². The van der Waals surface area contributed by atoms with Crippen LogP contribution < -0.4 is 9.57 Å². The van der Waals surface area contributed by atoms with Crippen LogP contribution in [-0.2, 0) is 19.6 Å². The highest BCUT2D eigenvalue weighted by atomic mass is 35.5. The summed E-state index contributed by atoms with van der Waals surface area (Å²) in [6, 6.07) is 15.7. The fourth-order valence-corrected chi connectivity index (χ4v) is 2.02. The molecule has 0 saturated carbocycles. The highest BCUT2D eigenvalue weighted by molar-refractivity contribution is 6.13. The Balaban J connectivity index is 1.89. The van der Waals surface area contributed by atoms with Gasteiger partial charge in [0.15, 0.2) is 0 Å². The number of rotatable bonds is 7. The largest absolute Gasteiger partial charge is 0.489 e. The number of ether oxygens (including phenoxy) is 1. The molecule has 0 bridgehead atoms. The summed E-state index contributed by atoms with van der Waals surface area (Å²) >= 11 is 5.43. The first kappa shape index (κ1) is 14.9. The predicted octanol–water partition coefficient (Wildman–Crippen LogP) is 3.04. The maximum absolute atomic E-state index is 9.09. The molecule has 3 nitrogen and oxygen atoms in total. The third kappa shape index (κ3) is 4.53. The second-order valence-electron chi connectivity index (χ2n) is 4.54. The predicted molar refractivity (Wildman–Crippen MR) is 80.7 cm³/mol. The van der Waals surface area contributed by atoms with E-state index in [-0.39, 0.29) is 6.61 Å². The van der Waals surface area contributed by atoms with Gasteiger partial charge in [-0.2, -0.15) is 0 Å². The molecule has 0 atom stereocenters. The number of aliphatic hydroxyl groups excluding tert-OH is 1. The van der Waals surface area contributed by atoms with Gasteiger partial charge in [0.1, 0.15) is 12.4 Å². The van der Waals surface area contributed by atoms with Gasteiger partial charge in [0.25, 0.3) is 0 Å². The molecule has 0 aliphatic heterocycles. The standard InChI is InChI=1S/C16H18ClNO2/c17-18-9-8-13-4-6-16(7-5-13)20-12-15-3-1-2-14(10-15)11-19/h1-7,10,18-19H,8-9,11-12H2. The first-order valence-corrected chi connectivity index (χ1v) is 6.93. The second-order valence-corrected chi connectivity index (χ2v) is 4.81. The minimum atomic E-state index is 0.0527. The topological polar surface area (TPSA) is 41.5 Å². The minimum Gasteiger partial charge on any atom is -0.489 e. The summed E-state index contributed by atoms with van der Waals surface area (Å²) in [7, 11) is 0. The number of hydrogen-bond donors (Lipinski definition) is 2. The van der Waals surface area contributed by atoms with Crippen LogP contribution in [0, 0.1) is 0 Å². The van der Waals surface area contributed by atoms with E-state index < -0.39 is 0 Å². The van der Waals surface area contributed by atoms with Crippen molar-refractivity contribution in [1.29, 1.82) is 0 Å². The molecule has 0 spiro atoms. The van der Waals surface area contributed by atoms with Crippen LogP contribution in [0.3, 0.4) is 0 Å². The molecule has 0 aliphatic rings. The minimum absolute atomic E-state index is 0.0527. The van der Waals surface area contributed by atoms with Crippen molar-refractivity contribution >= 4 is 11.8 Å². The van der Waals surface area contributed by atoms with Gasteiger partial charge in [-0.1, -0.05) is 36.4 Å². The van der Waals surface area contributed by atoms with Crippen LogP contribution in [0.15, 0.2) is 48.5 Å². The van der Waals surface area contributed by atoms with Crippen LogP contribution in [0.25, 0.3) is 0 Å². The molecule has 106 valence electrons. The third-order valence-electron chi connectivity index (χ3n) is 3.01. The maximum atomic E-state index is 9.09. The summed E-state index contributed by atoms with van der Waals surface area (Å²) in [5, 5.41) is 9.09. The highest BCUT2D eigenvalue weighted by Gasteiger charge is 1.99. The van der Waals surface area contributed by atoms with Crippen molar-refractivity contribution in [3.8, 4) is 5.75 Å². The van der Waals surface area contributed by atoms with E-state index in [4.69, 9.17) is 21.6 Å². The lowest BCUT2D eigenvalue weighted by molar-refractivity contribution is 0.280. The summed E-state index contributed by atoms with van der Waals surface area (Å²) in [4.78, 5) is 2.61. The number of halogens is 1. The van der Waals surface area contributed by atoms with Crippen molar-refractivity contribution < 1.29 is 9.84 Å². The van der Waals surface area contributed by atoms with Crippen molar-refractivity contribution in [1.82, 2.24) is 4.84 Å². The molecule has 2 N–H and O–H groups in total. The zero-order chi connectivity index (χ0) is 14.2. The maximum Gasteiger partial charge on any atom is 0.119 e. The quantitative estimate of drug-likeness (QED) is 0.771. The average Bonchev–Trinajstić information content (AvgIpc) is 2.52. The van der Waals surface area contributed by atoms with Gasteiger partial charge >= 0.3 is 0 Å². The van der Waals surface area contributed by atoms with E-state index >= 15 is 0 Å². The average molecular weight is 292 g/mol. The Labute approximate surface area is 124 Å². The Hall–Kier alpha value is -1.55. The molecule has 0 unspecified atom stereocenters. The van der Waals surface area contributed by atoms with Crippen molar-refractivity contribution in [3.63, 3.8) is 0 Å². The van der Waals surface area contributed by atoms with Gasteiger partial charge in [0.05, 0.1) is 6.61 Å². The van der Waals surface area contributed by atoms with Gasteiger partial charge in [0.2, 0.25) is 0 Å². The summed E-state index contributed by atoms with van der Waals surface area (Å²) < 4.78 is 5.73. The first-order valence-electron chi connectivity index (χ1n) is 6.55. The monoisotopic (exact) mass is 291 g/mol. The third-order valence-corrected chi connectivity index (χ3v) is 3.20. The van der Waals surface area contributed by atoms with Crippen LogP contribution in [0.4, 0.5) is 0 Å². The Bertz CT molecular complexity index is 528. The second kappa shape index (κ2) is 7.90. The van der Waals surface area contributed by atoms with Gasteiger partial charge in [-0.25, -0.2) is 4.84 Å². The molecule has 0 saturated heterocycles. The van der Waals surface area contributed by atoms with Gasteiger partial charge in [0, 0.05) is 6.54 Å². The summed E-state index contributed by atoms with van der Waals surface area (Å²) in [5.74, 6) is 0.835. The molecule has 4 heteroatoms. The van der Waals surface area contributed by atoms with Crippen LogP contribution in [0.1, 0.15) is 16.7 Å². The lowest BCUT2D eigenvalue weighted by Crippen LogP contribution is -2.04. The molecule has 2 aromatic carbocycles. The summed E-state index contributed by atoms with van der Waals surface area (Å²) in [6.07, 6.45) is 0.891. The number of aliphatic hydroxyl groups is 1. The molecule has 2 rings (SSSR count). The SMILES string of the molecule is OCc1cccc(COc2ccc(CCNCl)cc2)c1. The first-order chi connectivity index (χ1) is 9.81. The Morgan fingerprint density at radius 3 is 2.45 bits per heavy atom. The molecule has 0 aliphatic carbocycles. The molecular weight excluding hydrogens is 274 g/mol. The summed E-state index contributed by atoms with van der Waals surface area (Å²) in [6.45, 7) is 1.29. The van der Waals surface area contributed by atoms with Crippen LogP contribution in [0.2, 0.25) is 0 Å². The molecule has 0 fully saturated rings. The van der Waals surface area contributed by atoms with Crippen molar-refractivity contribution in [2.75, 3.05) is 6.54 Å². The van der Waals surface area contributed by atoms with E-state index in [0.717, 1.165) is 29.8 Å². The van der Waals surface area contributed by atoms with E-state index in [9.17, 15) is 0 Å². The van der Waals surface area contributed by atoms with Gasteiger partial charge in [-0.15, -0.1) is 0 Å². The molecular formula is C16H18ClNO2. The van der Waals surface area contributed by atoms with Crippen molar-refractivity contribution in [2.24, 2.45) is 0 Å². The smallest absolute Gasteiger partial charge is 0.119 e. The molecule has 20 heavy (non-hydrogen) atoms. The lowest BCUT2D eigenvalue weighted by Gasteiger charge is -2.08. The van der Waals surface area contributed by atoms with Gasteiger partial charge < -0.3 is 9.84 Å². The van der Waals surface area contributed by atoms with Gasteiger partial charge in [-0.3, -0.25) is 0 Å².